The second kappa shape index (κ2) is 7.20. The fraction of sp³-hybridized carbons (Fsp3) is 0.250. The molecule has 0 radical (unpaired) electrons. The number of pyridine rings is 1. The molecule has 2 rings (SSSR count). The summed E-state index contributed by atoms with van der Waals surface area (Å²) in [6.07, 6.45) is 3.66. The summed E-state index contributed by atoms with van der Waals surface area (Å²) in [5, 5.41) is 0. The van der Waals surface area contributed by atoms with Gasteiger partial charge in [0.15, 0.2) is 0 Å². The number of anilines is 1. The number of aromatic nitrogens is 1. The number of para-hydroxylation sites is 1. The van der Waals surface area contributed by atoms with Crippen LogP contribution in [0.25, 0.3) is 0 Å². The predicted octanol–water partition coefficient (Wildman–Crippen LogP) is 4.29. The average Bonchev–Trinajstić information content (AvgIpc) is 2.49. The Morgan fingerprint density at radius 3 is 2.55 bits per heavy atom. The topological polar surface area (TPSA) is 33.2 Å². The van der Waals surface area contributed by atoms with Crippen molar-refractivity contribution in [3.05, 3.63) is 58.8 Å². The van der Waals surface area contributed by atoms with Crippen LogP contribution in [-0.4, -0.2) is 17.4 Å². The summed E-state index contributed by atoms with van der Waals surface area (Å²) in [4.78, 5) is 18.6. The van der Waals surface area contributed by atoms with Crippen molar-refractivity contribution in [2.24, 2.45) is 0 Å². The number of carbonyl (C=O) groups is 1. The molecule has 3 nitrogen and oxygen atoms in total. The molecule has 104 valence electrons. The van der Waals surface area contributed by atoms with Gasteiger partial charge in [0.05, 0.1) is 0 Å². The molecular formula is C16H17BrN2O. The highest BCUT2D eigenvalue weighted by atomic mass is 79.9. The van der Waals surface area contributed by atoms with Crippen LogP contribution in [0.1, 0.15) is 30.3 Å². The predicted molar refractivity (Wildman–Crippen MR) is 85.0 cm³/mol. The summed E-state index contributed by atoms with van der Waals surface area (Å²) in [5.41, 5.74) is 1.38. The maximum absolute atomic E-state index is 12.6. The smallest absolute Gasteiger partial charge is 0.276 e. The van der Waals surface area contributed by atoms with Crippen LogP contribution in [0.15, 0.2) is 53.1 Å². The Labute approximate surface area is 127 Å². The number of rotatable bonds is 5. The van der Waals surface area contributed by atoms with Gasteiger partial charge >= 0.3 is 0 Å². The highest BCUT2D eigenvalue weighted by Gasteiger charge is 2.18. The number of unbranched alkanes of at least 4 members (excludes halogenated alkanes) is 1. The molecule has 1 amide bonds. The van der Waals surface area contributed by atoms with Crippen molar-refractivity contribution < 1.29 is 4.79 Å². The highest BCUT2D eigenvalue weighted by Crippen LogP contribution is 2.17. The third-order valence-corrected chi connectivity index (χ3v) is 3.46. The number of halogens is 1. The van der Waals surface area contributed by atoms with Crippen molar-refractivity contribution >= 4 is 27.5 Å². The van der Waals surface area contributed by atoms with Crippen molar-refractivity contribution in [3.8, 4) is 0 Å². The molecule has 0 saturated carbocycles. The van der Waals surface area contributed by atoms with E-state index in [4.69, 9.17) is 0 Å². The molecule has 0 saturated heterocycles. The first-order chi connectivity index (χ1) is 9.72. The lowest BCUT2D eigenvalue weighted by Gasteiger charge is -2.22. The van der Waals surface area contributed by atoms with Gasteiger partial charge in [0.1, 0.15) is 5.69 Å². The van der Waals surface area contributed by atoms with Crippen LogP contribution in [0, 0.1) is 0 Å². The summed E-state index contributed by atoms with van der Waals surface area (Å²) in [6, 6.07) is 13.3. The third-order valence-electron chi connectivity index (χ3n) is 2.99. The van der Waals surface area contributed by atoms with Gasteiger partial charge in [0, 0.05) is 22.9 Å². The van der Waals surface area contributed by atoms with Crippen LogP contribution in [0.4, 0.5) is 5.69 Å². The van der Waals surface area contributed by atoms with Crippen LogP contribution in [-0.2, 0) is 0 Å². The Morgan fingerprint density at radius 2 is 1.95 bits per heavy atom. The number of carbonyl (C=O) groups excluding carboxylic acids is 1. The molecule has 0 atom stereocenters. The lowest BCUT2D eigenvalue weighted by molar-refractivity contribution is 0.0982. The fourth-order valence-corrected chi connectivity index (χ4v) is 2.15. The molecule has 0 bridgehead atoms. The summed E-state index contributed by atoms with van der Waals surface area (Å²) < 4.78 is 0.869. The van der Waals surface area contributed by atoms with Gasteiger partial charge in [0.2, 0.25) is 0 Å². The number of nitrogens with zero attached hydrogens (tertiary/aromatic N) is 2. The number of hydrogen-bond acceptors (Lipinski definition) is 2. The summed E-state index contributed by atoms with van der Waals surface area (Å²) in [5.74, 6) is -0.0582. The average molecular weight is 333 g/mol. The third kappa shape index (κ3) is 3.67. The first-order valence-corrected chi connectivity index (χ1v) is 7.50. The van der Waals surface area contributed by atoms with Gasteiger partial charge < -0.3 is 4.90 Å². The standard InChI is InChI=1S/C16H17BrN2O/c1-2-3-11-19(14-7-5-4-6-8-14)16(20)15-10-9-13(17)12-18-15/h4-10,12H,2-3,11H2,1H3. The van der Waals surface area contributed by atoms with Crippen LogP contribution in [0.2, 0.25) is 0 Å². The molecule has 20 heavy (non-hydrogen) atoms. The minimum atomic E-state index is -0.0582. The maximum atomic E-state index is 12.6. The van der Waals surface area contributed by atoms with E-state index in [1.807, 2.05) is 36.4 Å². The normalized spacial score (nSPS) is 10.3. The lowest BCUT2D eigenvalue weighted by Crippen LogP contribution is -2.32. The van der Waals surface area contributed by atoms with E-state index in [1.54, 1.807) is 17.2 Å². The number of hydrogen-bond donors (Lipinski definition) is 0. The van der Waals surface area contributed by atoms with Gasteiger partial charge in [-0.25, -0.2) is 4.98 Å². The number of amides is 1. The number of benzene rings is 1. The van der Waals surface area contributed by atoms with Crippen molar-refractivity contribution in [2.45, 2.75) is 19.8 Å². The molecular weight excluding hydrogens is 316 g/mol. The molecule has 0 spiro atoms. The fourth-order valence-electron chi connectivity index (χ4n) is 1.91. The minimum Gasteiger partial charge on any atom is -0.307 e. The van der Waals surface area contributed by atoms with Gasteiger partial charge in [-0.2, -0.15) is 0 Å². The van der Waals surface area contributed by atoms with Gasteiger partial charge in [-0.1, -0.05) is 31.5 Å². The first kappa shape index (κ1) is 14.7. The molecule has 1 heterocycles. The minimum absolute atomic E-state index is 0.0582. The molecule has 0 aliphatic heterocycles. The Bertz CT molecular complexity index is 554. The second-order valence-electron chi connectivity index (χ2n) is 4.51. The SMILES string of the molecule is CCCCN(C(=O)c1ccc(Br)cn1)c1ccccc1. The second-order valence-corrected chi connectivity index (χ2v) is 5.42. The maximum Gasteiger partial charge on any atom is 0.276 e. The highest BCUT2D eigenvalue weighted by molar-refractivity contribution is 9.10. The zero-order chi connectivity index (χ0) is 14.4. The van der Waals surface area contributed by atoms with E-state index in [-0.39, 0.29) is 5.91 Å². The van der Waals surface area contributed by atoms with Gasteiger partial charge in [-0.3, -0.25) is 4.79 Å². The van der Waals surface area contributed by atoms with Crippen LogP contribution < -0.4 is 4.90 Å². The monoisotopic (exact) mass is 332 g/mol. The van der Waals surface area contributed by atoms with Crippen LogP contribution >= 0.6 is 15.9 Å². The summed E-state index contributed by atoms with van der Waals surface area (Å²) in [7, 11) is 0. The Morgan fingerprint density at radius 1 is 1.20 bits per heavy atom. The molecule has 1 aromatic heterocycles. The van der Waals surface area contributed by atoms with Crippen molar-refractivity contribution in [2.75, 3.05) is 11.4 Å². The van der Waals surface area contributed by atoms with E-state index in [0.717, 1.165) is 23.0 Å². The van der Waals surface area contributed by atoms with Gasteiger partial charge in [-0.15, -0.1) is 0 Å². The molecule has 0 aliphatic carbocycles. The Balaban J connectivity index is 2.26. The quantitative estimate of drug-likeness (QED) is 0.818. The molecule has 4 heteroatoms. The van der Waals surface area contributed by atoms with Crippen LogP contribution in [0.5, 0.6) is 0 Å². The van der Waals surface area contributed by atoms with Crippen LogP contribution in [0.3, 0.4) is 0 Å². The molecule has 0 unspecified atom stereocenters. The summed E-state index contributed by atoms with van der Waals surface area (Å²) >= 11 is 3.33. The molecule has 1 aromatic carbocycles. The van der Waals surface area contributed by atoms with E-state index < -0.39 is 0 Å². The van der Waals surface area contributed by atoms with Gasteiger partial charge in [0.25, 0.3) is 5.91 Å². The molecule has 2 aromatic rings. The van der Waals surface area contributed by atoms with Crippen molar-refractivity contribution in [1.29, 1.82) is 0 Å². The Kier molecular flexibility index (Phi) is 5.30. The lowest BCUT2D eigenvalue weighted by atomic mass is 10.2. The van der Waals surface area contributed by atoms with Crippen molar-refractivity contribution in [3.63, 3.8) is 0 Å². The van der Waals surface area contributed by atoms with E-state index in [0.29, 0.717) is 12.2 Å². The summed E-state index contributed by atoms with van der Waals surface area (Å²) in [6.45, 7) is 2.82. The van der Waals surface area contributed by atoms with E-state index in [2.05, 4.69) is 27.8 Å². The van der Waals surface area contributed by atoms with Gasteiger partial charge in [-0.05, 0) is 46.6 Å². The molecule has 0 aliphatic rings. The Hall–Kier alpha value is -1.68. The zero-order valence-corrected chi connectivity index (χ0v) is 13.0. The van der Waals surface area contributed by atoms with E-state index in [1.165, 1.54) is 0 Å². The van der Waals surface area contributed by atoms with E-state index in [9.17, 15) is 4.79 Å². The molecule has 0 N–H and O–H groups in total. The zero-order valence-electron chi connectivity index (χ0n) is 11.4. The first-order valence-electron chi connectivity index (χ1n) is 6.71. The van der Waals surface area contributed by atoms with E-state index >= 15 is 0 Å². The van der Waals surface area contributed by atoms with Crippen molar-refractivity contribution in [1.82, 2.24) is 4.98 Å². The largest absolute Gasteiger partial charge is 0.307 e. The molecule has 0 fully saturated rings.